The van der Waals surface area contributed by atoms with Gasteiger partial charge in [0.25, 0.3) is 0 Å². The number of hydrogen-bond acceptors (Lipinski definition) is 2. The lowest BCUT2D eigenvalue weighted by Crippen LogP contribution is -1.98. The van der Waals surface area contributed by atoms with Crippen LogP contribution in [-0.4, -0.2) is 14.5 Å². The third-order valence-corrected chi connectivity index (χ3v) is 10.4. The Bertz CT molecular complexity index is 2820. The van der Waals surface area contributed by atoms with Gasteiger partial charge in [0.05, 0.1) is 22.4 Å². The molecule has 2 aromatic heterocycles. The van der Waals surface area contributed by atoms with Crippen LogP contribution in [0.3, 0.4) is 0 Å². The highest BCUT2D eigenvalue weighted by atomic mass is 15.0. The van der Waals surface area contributed by atoms with Crippen molar-refractivity contribution in [3.05, 3.63) is 194 Å². The minimum Gasteiger partial charge on any atom is -0.309 e. The van der Waals surface area contributed by atoms with E-state index in [0.717, 1.165) is 58.0 Å². The maximum absolute atomic E-state index is 5.06. The summed E-state index contributed by atoms with van der Waals surface area (Å²) in [5, 5.41) is 4.98. The summed E-state index contributed by atoms with van der Waals surface area (Å²) in [7, 11) is 0. The van der Waals surface area contributed by atoms with E-state index in [1.54, 1.807) is 0 Å². The van der Waals surface area contributed by atoms with Crippen LogP contribution in [0.15, 0.2) is 188 Å². The molecule has 3 nitrogen and oxygen atoms in total. The number of allylic oxidation sites excluding steroid dienone is 4. The molecule has 9 aromatic rings. The van der Waals surface area contributed by atoms with Crippen molar-refractivity contribution < 1.29 is 0 Å². The Kier molecular flexibility index (Phi) is 7.62. The molecule has 0 aliphatic heterocycles. The zero-order valence-electron chi connectivity index (χ0n) is 29.2. The van der Waals surface area contributed by atoms with Gasteiger partial charge in [0.15, 0.2) is 5.82 Å². The Morgan fingerprint density at radius 3 is 1.87 bits per heavy atom. The lowest BCUT2D eigenvalue weighted by molar-refractivity contribution is 1.03. The van der Waals surface area contributed by atoms with Gasteiger partial charge in [-0.3, -0.25) is 0 Å². The van der Waals surface area contributed by atoms with E-state index in [2.05, 4.69) is 187 Å². The fourth-order valence-corrected chi connectivity index (χ4v) is 7.82. The average Bonchev–Trinajstić information content (AvgIpc) is 3.58. The van der Waals surface area contributed by atoms with Gasteiger partial charge in [0.2, 0.25) is 0 Å². The maximum atomic E-state index is 5.06. The Hall–Kier alpha value is -6.84. The zero-order valence-corrected chi connectivity index (χ0v) is 29.2. The molecule has 10 rings (SSSR count). The molecule has 250 valence electrons. The third-order valence-electron chi connectivity index (χ3n) is 10.4. The quantitative estimate of drug-likeness (QED) is 0.175. The summed E-state index contributed by atoms with van der Waals surface area (Å²) in [6, 6.07) is 60.9. The standard InChI is InChI=1S/C50H35N3/c1-3-13-35(14-4-1)46-33-47(36-15-5-2-6-16-36)52-50(51-46)37-27-25-34(26-28-37)42-22-12-18-40-31-39(29-30-43(40)42)38-17-11-19-41(32-38)53-48-23-9-7-20-44(48)45-21-8-10-24-49(45)53/h1,3-5,7-33H,2,6H2. The minimum atomic E-state index is 0.735. The lowest BCUT2D eigenvalue weighted by Gasteiger charge is -2.13. The van der Waals surface area contributed by atoms with E-state index in [-0.39, 0.29) is 0 Å². The van der Waals surface area contributed by atoms with Crippen LogP contribution in [0, 0.1) is 0 Å². The Morgan fingerprint density at radius 2 is 1.09 bits per heavy atom. The highest BCUT2D eigenvalue weighted by Gasteiger charge is 2.15. The molecule has 1 aliphatic rings. The minimum absolute atomic E-state index is 0.735. The maximum Gasteiger partial charge on any atom is 0.160 e. The first-order chi connectivity index (χ1) is 26.3. The van der Waals surface area contributed by atoms with Crippen molar-refractivity contribution in [1.82, 2.24) is 14.5 Å². The summed E-state index contributed by atoms with van der Waals surface area (Å²) in [6.07, 6.45) is 8.79. The van der Waals surface area contributed by atoms with Crippen molar-refractivity contribution >= 4 is 38.2 Å². The predicted molar refractivity (Wildman–Crippen MR) is 222 cm³/mol. The molecule has 0 amide bonds. The van der Waals surface area contributed by atoms with E-state index in [1.165, 1.54) is 49.3 Å². The summed E-state index contributed by atoms with van der Waals surface area (Å²) >= 11 is 0. The second-order valence-corrected chi connectivity index (χ2v) is 13.7. The van der Waals surface area contributed by atoms with Crippen LogP contribution in [0.4, 0.5) is 0 Å². The second-order valence-electron chi connectivity index (χ2n) is 13.7. The number of nitrogens with zero attached hydrogens (tertiary/aromatic N) is 3. The summed E-state index contributed by atoms with van der Waals surface area (Å²) in [4.78, 5) is 10.1. The summed E-state index contributed by atoms with van der Waals surface area (Å²) in [5.74, 6) is 0.735. The van der Waals surface area contributed by atoms with Crippen molar-refractivity contribution in [2.75, 3.05) is 0 Å². The van der Waals surface area contributed by atoms with E-state index >= 15 is 0 Å². The fourth-order valence-electron chi connectivity index (χ4n) is 7.82. The molecular formula is C50H35N3. The van der Waals surface area contributed by atoms with Gasteiger partial charge in [-0.1, -0.05) is 152 Å². The van der Waals surface area contributed by atoms with E-state index in [0.29, 0.717) is 0 Å². The van der Waals surface area contributed by atoms with Crippen molar-refractivity contribution in [2.45, 2.75) is 12.8 Å². The van der Waals surface area contributed by atoms with Crippen LogP contribution < -0.4 is 0 Å². The van der Waals surface area contributed by atoms with Crippen LogP contribution in [0.2, 0.25) is 0 Å². The van der Waals surface area contributed by atoms with Gasteiger partial charge in [-0.2, -0.15) is 0 Å². The first kappa shape index (κ1) is 30.9. The Balaban J connectivity index is 0.997. The van der Waals surface area contributed by atoms with Gasteiger partial charge in [0, 0.05) is 27.6 Å². The molecular weight excluding hydrogens is 643 g/mol. The van der Waals surface area contributed by atoms with Gasteiger partial charge in [-0.15, -0.1) is 0 Å². The Morgan fingerprint density at radius 1 is 0.434 bits per heavy atom. The second kappa shape index (κ2) is 13.0. The largest absolute Gasteiger partial charge is 0.309 e. The third kappa shape index (κ3) is 5.64. The van der Waals surface area contributed by atoms with E-state index in [9.17, 15) is 0 Å². The molecule has 0 fully saturated rings. The predicted octanol–water partition coefficient (Wildman–Crippen LogP) is 13.1. The van der Waals surface area contributed by atoms with Crippen LogP contribution in [-0.2, 0) is 0 Å². The van der Waals surface area contributed by atoms with Gasteiger partial charge >= 0.3 is 0 Å². The lowest BCUT2D eigenvalue weighted by atomic mass is 9.94. The van der Waals surface area contributed by atoms with Crippen LogP contribution in [0.5, 0.6) is 0 Å². The smallest absolute Gasteiger partial charge is 0.160 e. The molecule has 0 spiro atoms. The van der Waals surface area contributed by atoms with Gasteiger partial charge in [0.1, 0.15) is 0 Å². The number of hydrogen-bond donors (Lipinski definition) is 0. The molecule has 0 saturated carbocycles. The number of rotatable bonds is 6. The molecule has 0 saturated heterocycles. The molecule has 0 bridgehead atoms. The highest BCUT2D eigenvalue weighted by Crippen LogP contribution is 2.36. The number of fused-ring (bicyclic) bond motifs is 4. The number of aromatic nitrogens is 3. The van der Waals surface area contributed by atoms with Gasteiger partial charge in [-0.25, -0.2) is 9.97 Å². The van der Waals surface area contributed by atoms with Crippen molar-refractivity contribution in [2.24, 2.45) is 0 Å². The van der Waals surface area contributed by atoms with Crippen molar-refractivity contribution in [1.29, 1.82) is 0 Å². The summed E-state index contributed by atoms with van der Waals surface area (Å²) in [6.45, 7) is 0. The van der Waals surface area contributed by atoms with Gasteiger partial charge < -0.3 is 4.57 Å². The zero-order chi connectivity index (χ0) is 35.1. The van der Waals surface area contributed by atoms with Crippen LogP contribution in [0.1, 0.15) is 18.5 Å². The SMILES string of the molecule is C1=CC(c2cc(-c3ccccc3)nc(-c3ccc(-c4cccc5cc(-c6cccc(-n7c8ccccc8c8ccccc87)c6)ccc45)cc3)n2)=CCC1. The summed E-state index contributed by atoms with van der Waals surface area (Å²) in [5.41, 5.74) is 13.5. The number of benzene rings is 7. The topological polar surface area (TPSA) is 30.7 Å². The average molecular weight is 678 g/mol. The normalized spacial score (nSPS) is 12.8. The van der Waals surface area contributed by atoms with Crippen LogP contribution >= 0.6 is 0 Å². The molecule has 7 aromatic carbocycles. The number of para-hydroxylation sites is 2. The Labute approximate surface area is 308 Å². The van der Waals surface area contributed by atoms with E-state index in [4.69, 9.17) is 9.97 Å². The van der Waals surface area contributed by atoms with Crippen molar-refractivity contribution in [3.8, 4) is 50.6 Å². The summed E-state index contributed by atoms with van der Waals surface area (Å²) < 4.78 is 2.38. The molecule has 1 aliphatic carbocycles. The first-order valence-electron chi connectivity index (χ1n) is 18.3. The van der Waals surface area contributed by atoms with Crippen molar-refractivity contribution in [3.63, 3.8) is 0 Å². The molecule has 0 radical (unpaired) electrons. The van der Waals surface area contributed by atoms with Crippen LogP contribution in [0.25, 0.3) is 88.7 Å². The molecule has 0 N–H and O–H groups in total. The monoisotopic (exact) mass is 677 g/mol. The first-order valence-corrected chi connectivity index (χ1v) is 18.3. The molecule has 0 atom stereocenters. The molecule has 3 heteroatoms. The fraction of sp³-hybridized carbons (Fsp3) is 0.0400. The molecule has 0 unspecified atom stereocenters. The van der Waals surface area contributed by atoms with E-state index < -0.39 is 0 Å². The van der Waals surface area contributed by atoms with Gasteiger partial charge in [-0.05, 0) is 87.8 Å². The molecule has 53 heavy (non-hydrogen) atoms. The van der Waals surface area contributed by atoms with E-state index in [1.807, 2.05) is 6.07 Å². The molecule has 2 heterocycles. The highest BCUT2D eigenvalue weighted by molar-refractivity contribution is 6.09.